The van der Waals surface area contributed by atoms with Gasteiger partial charge in [-0.25, -0.2) is 0 Å². The number of aliphatic imine (C=N–C) groups is 1. The van der Waals surface area contributed by atoms with Gasteiger partial charge >= 0.3 is 5.69 Å². The SMILES string of the molecule is O=[N+]([O-])c1cc2c(cc1OCCCl)CN=C2. The van der Waals surface area contributed by atoms with Crippen molar-refractivity contribution in [2.75, 3.05) is 12.5 Å². The summed E-state index contributed by atoms with van der Waals surface area (Å²) in [6.45, 7) is 0.798. The highest BCUT2D eigenvalue weighted by molar-refractivity contribution is 6.18. The van der Waals surface area contributed by atoms with Crippen LogP contribution in [-0.4, -0.2) is 23.6 Å². The molecule has 84 valence electrons. The highest BCUT2D eigenvalue weighted by Gasteiger charge is 2.20. The van der Waals surface area contributed by atoms with E-state index in [1.165, 1.54) is 6.07 Å². The molecular formula is C10H9ClN2O3. The van der Waals surface area contributed by atoms with E-state index in [4.69, 9.17) is 16.3 Å². The van der Waals surface area contributed by atoms with Gasteiger partial charge in [0.15, 0.2) is 5.75 Å². The number of nitro groups is 1. The van der Waals surface area contributed by atoms with Gasteiger partial charge in [-0.05, 0) is 11.6 Å². The molecule has 0 unspecified atom stereocenters. The van der Waals surface area contributed by atoms with Gasteiger partial charge in [0.25, 0.3) is 0 Å². The van der Waals surface area contributed by atoms with Gasteiger partial charge in [-0.15, -0.1) is 11.6 Å². The fourth-order valence-corrected chi connectivity index (χ4v) is 1.61. The van der Waals surface area contributed by atoms with Crippen molar-refractivity contribution in [1.29, 1.82) is 0 Å². The van der Waals surface area contributed by atoms with E-state index in [0.29, 0.717) is 12.4 Å². The monoisotopic (exact) mass is 240 g/mol. The Bertz CT molecular complexity index is 460. The molecule has 1 heterocycles. The zero-order valence-corrected chi connectivity index (χ0v) is 9.11. The van der Waals surface area contributed by atoms with Crippen molar-refractivity contribution < 1.29 is 9.66 Å². The summed E-state index contributed by atoms with van der Waals surface area (Å²) in [5.74, 6) is 0.556. The molecule has 1 aromatic carbocycles. The van der Waals surface area contributed by atoms with Crippen molar-refractivity contribution in [3.63, 3.8) is 0 Å². The average Bonchev–Trinajstić information content (AvgIpc) is 2.71. The van der Waals surface area contributed by atoms with Crippen LogP contribution in [-0.2, 0) is 6.54 Å². The van der Waals surface area contributed by atoms with Crippen molar-refractivity contribution in [2.24, 2.45) is 4.99 Å². The van der Waals surface area contributed by atoms with E-state index in [1.54, 1.807) is 12.3 Å². The Morgan fingerprint density at radius 2 is 2.38 bits per heavy atom. The maximum absolute atomic E-state index is 10.8. The molecule has 0 amide bonds. The first-order chi connectivity index (χ1) is 7.72. The van der Waals surface area contributed by atoms with E-state index in [-0.39, 0.29) is 18.0 Å². The van der Waals surface area contributed by atoms with Crippen LogP contribution in [0.3, 0.4) is 0 Å². The summed E-state index contributed by atoms with van der Waals surface area (Å²) in [5.41, 5.74) is 1.68. The van der Waals surface area contributed by atoms with Crippen molar-refractivity contribution in [2.45, 2.75) is 6.54 Å². The van der Waals surface area contributed by atoms with Crippen molar-refractivity contribution in [3.05, 3.63) is 33.4 Å². The van der Waals surface area contributed by atoms with Crippen molar-refractivity contribution >= 4 is 23.5 Å². The molecule has 0 radical (unpaired) electrons. The Balaban J connectivity index is 2.39. The third-order valence-electron chi connectivity index (χ3n) is 2.24. The van der Waals surface area contributed by atoms with Gasteiger partial charge in [0, 0.05) is 17.8 Å². The third-order valence-corrected chi connectivity index (χ3v) is 2.40. The van der Waals surface area contributed by atoms with Crippen LogP contribution in [0.25, 0.3) is 0 Å². The number of hydrogen-bond donors (Lipinski definition) is 0. The fourth-order valence-electron chi connectivity index (χ4n) is 1.53. The van der Waals surface area contributed by atoms with Gasteiger partial charge in [-0.1, -0.05) is 0 Å². The molecule has 0 bridgehead atoms. The van der Waals surface area contributed by atoms with Gasteiger partial charge in [0.1, 0.15) is 6.61 Å². The highest BCUT2D eigenvalue weighted by atomic mass is 35.5. The molecule has 0 saturated heterocycles. The fraction of sp³-hybridized carbons (Fsp3) is 0.300. The number of ether oxygens (including phenoxy) is 1. The Labute approximate surface area is 96.9 Å². The Morgan fingerprint density at radius 3 is 3.06 bits per heavy atom. The zero-order valence-electron chi connectivity index (χ0n) is 8.35. The van der Waals surface area contributed by atoms with Crippen LogP contribution in [0.15, 0.2) is 17.1 Å². The van der Waals surface area contributed by atoms with Gasteiger partial charge in [-0.3, -0.25) is 15.1 Å². The lowest BCUT2D eigenvalue weighted by Gasteiger charge is -2.06. The summed E-state index contributed by atoms with van der Waals surface area (Å²) in [6, 6.07) is 3.14. The van der Waals surface area contributed by atoms with E-state index in [2.05, 4.69) is 4.99 Å². The molecule has 1 aliphatic heterocycles. The number of hydrogen-bond acceptors (Lipinski definition) is 4. The smallest absolute Gasteiger partial charge is 0.311 e. The highest BCUT2D eigenvalue weighted by Crippen LogP contribution is 2.32. The molecule has 5 nitrogen and oxygen atoms in total. The van der Waals surface area contributed by atoms with Crippen LogP contribution in [0.5, 0.6) is 5.75 Å². The summed E-state index contributed by atoms with van der Waals surface area (Å²) in [5, 5.41) is 10.8. The second kappa shape index (κ2) is 4.49. The van der Waals surface area contributed by atoms with Crippen LogP contribution in [0.2, 0.25) is 0 Å². The lowest BCUT2D eigenvalue weighted by Crippen LogP contribution is -2.02. The van der Waals surface area contributed by atoms with E-state index >= 15 is 0 Å². The molecule has 1 aliphatic rings. The van der Waals surface area contributed by atoms with Crippen LogP contribution >= 0.6 is 11.6 Å². The molecule has 0 spiro atoms. The number of fused-ring (bicyclic) bond motifs is 1. The molecule has 0 aromatic heterocycles. The number of alkyl halides is 1. The van der Waals surface area contributed by atoms with E-state index < -0.39 is 4.92 Å². The summed E-state index contributed by atoms with van der Waals surface area (Å²) in [7, 11) is 0. The first kappa shape index (κ1) is 10.9. The average molecular weight is 241 g/mol. The minimum atomic E-state index is -0.462. The quantitative estimate of drug-likeness (QED) is 0.460. The van der Waals surface area contributed by atoms with Gasteiger partial charge < -0.3 is 4.74 Å². The molecule has 0 N–H and O–H groups in total. The topological polar surface area (TPSA) is 64.7 Å². The van der Waals surface area contributed by atoms with E-state index in [9.17, 15) is 10.1 Å². The maximum atomic E-state index is 10.8. The molecule has 2 rings (SSSR count). The third kappa shape index (κ3) is 1.99. The van der Waals surface area contributed by atoms with Crippen LogP contribution < -0.4 is 4.74 Å². The first-order valence-corrected chi connectivity index (χ1v) is 5.25. The summed E-state index contributed by atoms with van der Waals surface area (Å²) < 4.78 is 5.24. The van der Waals surface area contributed by atoms with Gasteiger partial charge in [0.05, 0.1) is 17.3 Å². The van der Waals surface area contributed by atoms with Crippen molar-refractivity contribution in [1.82, 2.24) is 0 Å². The summed E-state index contributed by atoms with van der Waals surface area (Å²) in [6.07, 6.45) is 1.63. The molecule has 16 heavy (non-hydrogen) atoms. The van der Waals surface area contributed by atoms with E-state index in [1.807, 2.05) is 0 Å². The van der Waals surface area contributed by atoms with Gasteiger partial charge in [0.2, 0.25) is 0 Å². The van der Waals surface area contributed by atoms with Crippen LogP contribution in [0, 0.1) is 10.1 Å². The van der Waals surface area contributed by atoms with Crippen LogP contribution in [0.4, 0.5) is 5.69 Å². The Kier molecular flexibility index (Phi) is 3.05. The molecule has 6 heteroatoms. The molecule has 0 fully saturated rings. The number of rotatable bonds is 4. The largest absolute Gasteiger partial charge is 0.486 e. The molecular weight excluding hydrogens is 232 g/mol. The Morgan fingerprint density at radius 1 is 1.56 bits per heavy atom. The van der Waals surface area contributed by atoms with E-state index in [0.717, 1.165) is 11.1 Å². The molecule has 1 aromatic rings. The second-order valence-electron chi connectivity index (χ2n) is 3.28. The molecule has 0 saturated carbocycles. The predicted molar refractivity (Wildman–Crippen MR) is 60.6 cm³/mol. The molecule has 0 aliphatic carbocycles. The lowest BCUT2D eigenvalue weighted by molar-refractivity contribution is -0.385. The lowest BCUT2D eigenvalue weighted by atomic mass is 10.1. The number of nitro benzene ring substituents is 1. The maximum Gasteiger partial charge on any atom is 0.311 e. The van der Waals surface area contributed by atoms with Crippen molar-refractivity contribution in [3.8, 4) is 5.75 Å². The number of benzene rings is 1. The number of halogens is 1. The minimum Gasteiger partial charge on any atom is -0.486 e. The predicted octanol–water partition coefficient (Wildman–Crippen LogP) is 2.14. The molecule has 0 atom stereocenters. The Hall–Kier alpha value is -1.62. The standard InChI is InChI=1S/C10H9ClN2O3/c11-1-2-16-10-4-8-6-12-5-7(8)3-9(10)13(14)15/h3-5H,1-2,6H2. The summed E-state index contributed by atoms with van der Waals surface area (Å²) >= 11 is 5.48. The summed E-state index contributed by atoms with van der Waals surface area (Å²) in [4.78, 5) is 14.4. The van der Waals surface area contributed by atoms with Gasteiger partial charge in [-0.2, -0.15) is 0 Å². The van der Waals surface area contributed by atoms with Crippen LogP contribution in [0.1, 0.15) is 11.1 Å². The second-order valence-corrected chi connectivity index (χ2v) is 3.66. The first-order valence-electron chi connectivity index (χ1n) is 4.72. The minimum absolute atomic E-state index is 0.0442. The zero-order chi connectivity index (χ0) is 11.5. The normalized spacial score (nSPS) is 12.6. The number of nitrogens with zero attached hydrogens (tertiary/aromatic N) is 2.